The molecule has 4 saturated carbocycles. The highest BCUT2D eigenvalue weighted by Gasteiger charge is 2.58. The van der Waals surface area contributed by atoms with Crippen molar-refractivity contribution in [1.29, 1.82) is 0 Å². The maximum absolute atomic E-state index is 13.2. The molecular weight excluding hydrogens is 303 g/mol. The Hall–Kier alpha value is -0.150. The van der Waals surface area contributed by atoms with Gasteiger partial charge in [0.25, 0.3) is 0 Å². The van der Waals surface area contributed by atoms with E-state index < -0.39 is 12.3 Å². The van der Waals surface area contributed by atoms with Crippen molar-refractivity contribution < 1.29 is 14.6 Å². The first-order valence-corrected chi connectivity index (χ1v) is 10.3. The molecule has 0 radical (unpaired) electrons. The van der Waals surface area contributed by atoms with E-state index >= 15 is 0 Å². The zero-order chi connectivity index (χ0) is 17.1. The van der Waals surface area contributed by atoms with Crippen molar-refractivity contribution in [2.24, 2.45) is 40.9 Å². The number of aliphatic hydroxyl groups excluding tert-OH is 1. The summed E-state index contributed by atoms with van der Waals surface area (Å²) in [4.78, 5) is 0. The second-order valence-corrected chi connectivity index (χ2v) is 10.0. The Kier molecular flexibility index (Phi) is 4.28. The molecule has 0 aliphatic heterocycles. The van der Waals surface area contributed by atoms with Gasteiger partial charge in [-0.2, -0.15) is 0 Å². The fraction of sp³-hybridized carbons (Fsp3) is 1.00. The van der Waals surface area contributed by atoms with Gasteiger partial charge in [-0.1, -0.05) is 6.92 Å². The quantitative estimate of drug-likeness (QED) is 0.786. The molecule has 4 fully saturated rings. The summed E-state index contributed by atoms with van der Waals surface area (Å²) >= 11 is 0. The lowest BCUT2D eigenvalue weighted by Crippen LogP contribution is -2.52. The molecule has 0 heterocycles. The van der Waals surface area contributed by atoms with E-state index in [-0.39, 0.29) is 6.10 Å². The highest BCUT2D eigenvalue weighted by atomic mass is 19.1. The van der Waals surface area contributed by atoms with Crippen LogP contribution in [0.2, 0.25) is 0 Å². The lowest BCUT2D eigenvalue weighted by atomic mass is 9.49. The van der Waals surface area contributed by atoms with Crippen molar-refractivity contribution in [3.63, 3.8) is 0 Å². The molecule has 2 nitrogen and oxygen atoms in total. The van der Waals surface area contributed by atoms with Gasteiger partial charge in [0, 0.05) is 0 Å². The van der Waals surface area contributed by atoms with Gasteiger partial charge in [0.2, 0.25) is 0 Å². The van der Waals surface area contributed by atoms with Gasteiger partial charge < -0.3 is 10.2 Å². The summed E-state index contributed by atoms with van der Waals surface area (Å²) in [5.74, 6) is 4.11. The Bertz CT molecular complexity index is 480. The van der Waals surface area contributed by atoms with Gasteiger partial charge in [-0.25, -0.2) is 4.39 Å². The van der Waals surface area contributed by atoms with Gasteiger partial charge in [-0.15, -0.1) is 0 Å². The second-order valence-electron chi connectivity index (χ2n) is 10.0. The molecule has 4 aliphatic rings. The Balaban J connectivity index is 1.53. The van der Waals surface area contributed by atoms with E-state index in [1.807, 2.05) is 6.92 Å². The number of fused-ring (bicyclic) bond motifs is 5. The van der Waals surface area contributed by atoms with Crippen molar-refractivity contribution in [1.82, 2.24) is 0 Å². The summed E-state index contributed by atoms with van der Waals surface area (Å²) in [7, 11) is 0. The van der Waals surface area contributed by atoms with Crippen molar-refractivity contribution in [2.45, 2.75) is 83.3 Å². The van der Waals surface area contributed by atoms with Crippen LogP contribution in [-0.4, -0.2) is 28.6 Å². The van der Waals surface area contributed by atoms with E-state index in [1.165, 1.54) is 38.5 Å². The van der Waals surface area contributed by atoms with Crippen LogP contribution in [0.25, 0.3) is 0 Å². The molecule has 4 rings (SSSR count). The number of hydrogen-bond donors (Lipinski definition) is 2. The molecule has 0 aromatic rings. The van der Waals surface area contributed by atoms with Crippen LogP contribution in [-0.2, 0) is 0 Å². The number of alkyl halides is 1. The molecule has 138 valence electrons. The summed E-state index contributed by atoms with van der Waals surface area (Å²) in [5, 5.41) is 20.7. The topological polar surface area (TPSA) is 40.5 Å². The zero-order valence-electron chi connectivity index (χ0n) is 15.4. The van der Waals surface area contributed by atoms with Crippen LogP contribution >= 0.6 is 0 Å². The van der Waals surface area contributed by atoms with Gasteiger partial charge in [0.05, 0.1) is 11.7 Å². The Morgan fingerprint density at radius 1 is 1.00 bits per heavy atom. The number of rotatable bonds is 2. The molecule has 0 amide bonds. The smallest absolute Gasteiger partial charge is 0.118 e. The SMILES string of the molecule is CC(O)C1CCC2C3CCC4CC(O)(CF)CCC4C3CCC12C. The molecule has 2 N–H and O–H groups in total. The van der Waals surface area contributed by atoms with Crippen molar-refractivity contribution in [3.8, 4) is 0 Å². The number of hydrogen-bond acceptors (Lipinski definition) is 2. The maximum Gasteiger partial charge on any atom is 0.118 e. The first-order valence-electron chi connectivity index (χ1n) is 10.3. The average molecular weight is 339 g/mol. The summed E-state index contributed by atoms with van der Waals surface area (Å²) < 4.78 is 13.2. The predicted molar refractivity (Wildman–Crippen MR) is 93.2 cm³/mol. The van der Waals surface area contributed by atoms with Gasteiger partial charge in [0.1, 0.15) is 6.67 Å². The van der Waals surface area contributed by atoms with E-state index in [0.29, 0.717) is 36.0 Å². The Morgan fingerprint density at radius 3 is 2.46 bits per heavy atom. The monoisotopic (exact) mass is 338 g/mol. The Morgan fingerprint density at radius 2 is 1.75 bits per heavy atom. The van der Waals surface area contributed by atoms with Crippen LogP contribution in [0, 0.1) is 40.9 Å². The summed E-state index contributed by atoms with van der Waals surface area (Å²) in [5.41, 5.74) is -0.696. The molecule has 0 saturated heterocycles. The molecule has 9 unspecified atom stereocenters. The van der Waals surface area contributed by atoms with Crippen LogP contribution in [0.1, 0.15) is 71.6 Å². The first-order chi connectivity index (χ1) is 11.4. The third kappa shape index (κ3) is 2.48. The standard InChI is InChI=1S/C21H35FO2/c1-13(23)18-5-6-19-17-4-3-14-11-21(24,12-22)10-8-15(14)16(17)7-9-20(18,19)2/h13-19,23-24H,3-12H2,1-2H3. The van der Waals surface area contributed by atoms with E-state index in [2.05, 4.69) is 6.92 Å². The number of halogens is 1. The highest BCUT2D eigenvalue weighted by molar-refractivity contribution is 5.07. The van der Waals surface area contributed by atoms with Gasteiger partial charge in [0.15, 0.2) is 0 Å². The summed E-state index contributed by atoms with van der Waals surface area (Å²) in [6, 6.07) is 0. The summed E-state index contributed by atoms with van der Waals surface area (Å²) in [6.07, 6.45) is 9.66. The highest BCUT2D eigenvalue weighted by Crippen LogP contribution is 2.65. The van der Waals surface area contributed by atoms with Gasteiger partial charge in [-0.05, 0) is 106 Å². The molecule has 24 heavy (non-hydrogen) atoms. The lowest BCUT2D eigenvalue weighted by molar-refractivity contribution is -0.116. The minimum absolute atomic E-state index is 0.179. The molecule has 4 aliphatic carbocycles. The van der Waals surface area contributed by atoms with Crippen LogP contribution < -0.4 is 0 Å². The van der Waals surface area contributed by atoms with Crippen LogP contribution in [0.4, 0.5) is 4.39 Å². The fourth-order valence-corrected chi connectivity index (χ4v) is 7.92. The third-order valence-corrected chi connectivity index (χ3v) is 9.01. The van der Waals surface area contributed by atoms with Crippen molar-refractivity contribution in [2.75, 3.05) is 6.67 Å². The lowest BCUT2D eigenvalue weighted by Gasteiger charge is -2.57. The van der Waals surface area contributed by atoms with Crippen molar-refractivity contribution >= 4 is 0 Å². The van der Waals surface area contributed by atoms with Gasteiger partial charge in [-0.3, -0.25) is 0 Å². The van der Waals surface area contributed by atoms with Crippen LogP contribution in [0.5, 0.6) is 0 Å². The molecule has 3 heteroatoms. The normalized spacial score (nSPS) is 55.4. The minimum atomic E-state index is -1.03. The maximum atomic E-state index is 13.2. The largest absolute Gasteiger partial charge is 0.393 e. The van der Waals surface area contributed by atoms with E-state index in [0.717, 1.165) is 24.2 Å². The molecule has 0 bridgehead atoms. The molecule has 0 spiro atoms. The van der Waals surface area contributed by atoms with Crippen LogP contribution in [0.15, 0.2) is 0 Å². The number of aliphatic hydroxyl groups is 2. The van der Waals surface area contributed by atoms with E-state index in [9.17, 15) is 14.6 Å². The molecule has 0 aromatic heterocycles. The zero-order valence-corrected chi connectivity index (χ0v) is 15.4. The van der Waals surface area contributed by atoms with E-state index in [4.69, 9.17) is 0 Å². The average Bonchev–Trinajstić information content (AvgIpc) is 2.91. The van der Waals surface area contributed by atoms with Crippen molar-refractivity contribution in [3.05, 3.63) is 0 Å². The van der Waals surface area contributed by atoms with Gasteiger partial charge >= 0.3 is 0 Å². The van der Waals surface area contributed by atoms with E-state index in [1.54, 1.807) is 0 Å². The second kappa shape index (κ2) is 5.94. The molecular formula is C21H35FO2. The molecule has 9 atom stereocenters. The fourth-order valence-electron chi connectivity index (χ4n) is 7.92. The third-order valence-electron chi connectivity index (χ3n) is 9.01. The summed E-state index contributed by atoms with van der Waals surface area (Å²) in [6.45, 7) is 3.87. The molecule has 0 aromatic carbocycles. The van der Waals surface area contributed by atoms with Crippen LogP contribution in [0.3, 0.4) is 0 Å². The minimum Gasteiger partial charge on any atom is -0.393 e. The predicted octanol–water partition coefficient (Wildman–Crippen LogP) is 4.34. The first kappa shape index (κ1) is 17.3. The Labute approximate surface area is 146 Å².